The molecule has 1 aromatic rings. The molecule has 3 aliphatic heterocycles. The van der Waals surface area contributed by atoms with Gasteiger partial charge >= 0.3 is 0 Å². The fraction of sp³-hybridized carbons (Fsp3) is 0.526. The first-order valence-corrected chi connectivity index (χ1v) is 8.50. The Labute approximate surface area is 131 Å². The second-order valence-corrected chi connectivity index (χ2v) is 7.36. The Morgan fingerprint density at radius 3 is 3.05 bits per heavy atom. The average Bonchev–Trinajstić information content (AvgIpc) is 3.11. The molecule has 4 aliphatic rings. The van der Waals surface area contributed by atoms with E-state index < -0.39 is 0 Å². The summed E-state index contributed by atoms with van der Waals surface area (Å²) in [6, 6.07) is 9.60. The van der Waals surface area contributed by atoms with E-state index in [2.05, 4.69) is 47.5 Å². The molecule has 2 bridgehead atoms. The smallest absolute Gasteiger partial charge is 0.125 e. The quantitative estimate of drug-likeness (QED) is 0.638. The van der Waals surface area contributed by atoms with Gasteiger partial charge in [-0.05, 0) is 43.9 Å². The van der Waals surface area contributed by atoms with Crippen LogP contribution < -0.4 is 5.32 Å². The molecule has 3 heterocycles. The van der Waals surface area contributed by atoms with E-state index in [0.717, 1.165) is 19.5 Å². The van der Waals surface area contributed by atoms with Gasteiger partial charge < -0.3 is 10.1 Å². The minimum atomic E-state index is 0.107. The highest BCUT2D eigenvalue weighted by Crippen LogP contribution is 2.60. The number of hydrogen-bond donors (Lipinski definition) is 1. The standard InChI is InChI=1S/C19H22N2O/c1-2-12-10-21-8-7-19-15-5-3-4-6-16(15)20-18(19)14(11-22)13(12)9-17(19)21/h2-6,11,13-14,17-18,20H,7-10H2,1H3/t13-,14-,17-,18-,19+/m0/s1. The van der Waals surface area contributed by atoms with Gasteiger partial charge in [-0.25, -0.2) is 0 Å². The Hall–Kier alpha value is -1.61. The van der Waals surface area contributed by atoms with Gasteiger partial charge in [0.2, 0.25) is 0 Å². The monoisotopic (exact) mass is 294 g/mol. The van der Waals surface area contributed by atoms with Crippen LogP contribution in [-0.4, -0.2) is 36.4 Å². The van der Waals surface area contributed by atoms with E-state index in [1.807, 2.05) is 0 Å². The third kappa shape index (κ3) is 1.30. The largest absolute Gasteiger partial charge is 0.380 e. The maximum atomic E-state index is 12.0. The van der Waals surface area contributed by atoms with Gasteiger partial charge in [0, 0.05) is 35.6 Å². The Kier molecular flexibility index (Phi) is 2.48. The number of allylic oxidation sites excluding steroid dienone is 1. The van der Waals surface area contributed by atoms with Crippen molar-refractivity contribution in [2.45, 2.75) is 37.3 Å². The summed E-state index contributed by atoms with van der Waals surface area (Å²) < 4.78 is 0. The van der Waals surface area contributed by atoms with Gasteiger partial charge in [-0.3, -0.25) is 4.90 Å². The molecule has 1 aromatic carbocycles. The second kappa shape index (κ2) is 4.23. The molecule has 1 spiro atoms. The van der Waals surface area contributed by atoms with Crippen molar-refractivity contribution in [2.75, 3.05) is 18.4 Å². The van der Waals surface area contributed by atoms with Crippen LogP contribution in [0.15, 0.2) is 35.9 Å². The lowest BCUT2D eigenvalue weighted by molar-refractivity contribution is -0.115. The summed E-state index contributed by atoms with van der Waals surface area (Å²) in [5.74, 6) is 0.539. The van der Waals surface area contributed by atoms with Crippen molar-refractivity contribution in [1.29, 1.82) is 0 Å². The third-order valence-electron chi connectivity index (χ3n) is 6.86. The van der Waals surface area contributed by atoms with Gasteiger partial charge in [-0.15, -0.1) is 0 Å². The number of fused-ring (bicyclic) bond motifs is 2. The Morgan fingerprint density at radius 2 is 2.23 bits per heavy atom. The fourth-order valence-electron chi connectivity index (χ4n) is 5.98. The van der Waals surface area contributed by atoms with Gasteiger partial charge in [-0.1, -0.05) is 29.8 Å². The van der Waals surface area contributed by atoms with Crippen molar-refractivity contribution >= 4 is 12.0 Å². The summed E-state index contributed by atoms with van der Waals surface area (Å²) in [4.78, 5) is 14.7. The molecule has 0 radical (unpaired) electrons. The average molecular weight is 294 g/mol. The predicted molar refractivity (Wildman–Crippen MR) is 86.9 cm³/mol. The molecule has 0 amide bonds. The number of aldehydes is 1. The number of anilines is 1. The number of rotatable bonds is 1. The first kappa shape index (κ1) is 12.9. The van der Waals surface area contributed by atoms with Crippen LogP contribution in [0.3, 0.4) is 0 Å². The van der Waals surface area contributed by atoms with E-state index in [9.17, 15) is 4.79 Å². The fourth-order valence-corrected chi connectivity index (χ4v) is 5.98. The number of benzene rings is 1. The topological polar surface area (TPSA) is 32.3 Å². The highest BCUT2D eigenvalue weighted by Gasteiger charge is 2.65. The predicted octanol–water partition coefficient (Wildman–Crippen LogP) is 2.59. The first-order chi connectivity index (χ1) is 10.8. The molecule has 22 heavy (non-hydrogen) atoms. The summed E-state index contributed by atoms with van der Waals surface area (Å²) in [5.41, 5.74) is 4.34. The van der Waals surface area contributed by atoms with Gasteiger partial charge in [0.1, 0.15) is 6.29 Å². The maximum Gasteiger partial charge on any atom is 0.125 e. The van der Waals surface area contributed by atoms with Crippen molar-refractivity contribution in [3.8, 4) is 0 Å². The zero-order chi connectivity index (χ0) is 14.9. The molecule has 0 unspecified atom stereocenters. The summed E-state index contributed by atoms with van der Waals surface area (Å²) in [7, 11) is 0. The number of piperidine rings is 1. The minimum absolute atomic E-state index is 0.107. The molecule has 3 heteroatoms. The maximum absolute atomic E-state index is 12.0. The van der Waals surface area contributed by atoms with E-state index in [1.54, 1.807) is 0 Å². The van der Waals surface area contributed by atoms with Gasteiger partial charge in [0.05, 0.1) is 0 Å². The van der Waals surface area contributed by atoms with E-state index >= 15 is 0 Å². The van der Waals surface area contributed by atoms with Crippen LogP contribution in [0.4, 0.5) is 5.69 Å². The van der Waals surface area contributed by atoms with Crippen LogP contribution in [-0.2, 0) is 10.2 Å². The lowest BCUT2D eigenvalue weighted by atomic mass is 9.56. The van der Waals surface area contributed by atoms with Crippen LogP contribution in [0.5, 0.6) is 0 Å². The van der Waals surface area contributed by atoms with Crippen molar-refractivity contribution in [1.82, 2.24) is 4.90 Å². The number of para-hydroxylation sites is 1. The zero-order valence-corrected chi connectivity index (χ0v) is 13.0. The Morgan fingerprint density at radius 1 is 1.36 bits per heavy atom. The van der Waals surface area contributed by atoms with E-state index in [0.29, 0.717) is 12.0 Å². The van der Waals surface area contributed by atoms with Crippen LogP contribution >= 0.6 is 0 Å². The molecule has 1 N–H and O–H groups in total. The number of carbonyl (C=O) groups excluding carboxylic acids is 1. The highest BCUT2D eigenvalue weighted by molar-refractivity contribution is 5.70. The molecule has 5 atom stereocenters. The lowest BCUT2D eigenvalue weighted by Gasteiger charge is -2.53. The van der Waals surface area contributed by atoms with Crippen LogP contribution in [0.25, 0.3) is 0 Å². The molecular formula is C19H22N2O. The summed E-state index contributed by atoms with van der Waals surface area (Å²) in [6.07, 6.45) is 5.82. The van der Waals surface area contributed by atoms with Crippen molar-refractivity contribution in [2.24, 2.45) is 11.8 Å². The van der Waals surface area contributed by atoms with Crippen molar-refractivity contribution in [3.05, 3.63) is 41.5 Å². The Balaban J connectivity index is 1.72. The molecule has 1 saturated carbocycles. The SMILES string of the molecule is CC=C1CN2CC[C@]34c5ccccc5N[C@H]3[C@@H](C=O)[C@H]1C[C@H]24. The second-order valence-electron chi connectivity index (χ2n) is 7.36. The summed E-state index contributed by atoms with van der Waals surface area (Å²) in [5, 5.41) is 3.74. The van der Waals surface area contributed by atoms with Crippen LogP contribution in [0.2, 0.25) is 0 Å². The summed E-state index contributed by atoms with van der Waals surface area (Å²) >= 11 is 0. The van der Waals surface area contributed by atoms with Gasteiger partial charge in [0.15, 0.2) is 0 Å². The first-order valence-electron chi connectivity index (χ1n) is 8.50. The highest BCUT2D eigenvalue weighted by atomic mass is 16.1. The van der Waals surface area contributed by atoms with Crippen molar-refractivity contribution < 1.29 is 4.79 Å². The molecular weight excluding hydrogens is 272 g/mol. The molecule has 3 fully saturated rings. The van der Waals surface area contributed by atoms with Crippen LogP contribution in [0.1, 0.15) is 25.3 Å². The molecule has 114 valence electrons. The van der Waals surface area contributed by atoms with E-state index in [-0.39, 0.29) is 17.4 Å². The number of hydrogen-bond acceptors (Lipinski definition) is 3. The zero-order valence-electron chi connectivity index (χ0n) is 13.0. The number of carbonyl (C=O) groups is 1. The van der Waals surface area contributed by atoms with Gasteiger partial charge in [-0.2, -0.15) is 0 Å². The molecule has 3 nitrogen and oxygen atoms in total. The van der Waals surface area contributed by atoms with E-state index in [1.165, 1.54) is 29.5 Å². The lowest BCUT2D eigenvalue weighted by Crippen LogP contribution is -2.62. The normalized spacial score (nSPS) is 43.6. The Bertz CT molecular complexity index is 682. The minimum Gasteiger partial charge on any atom is -0.380 e. The number of nitrogens with one attached hydrogen (secondary N) is 1. The molecule has 5 rings (SSSR count). The van der Waals surface area contributed by atoms with Gasteiger partial charge in [0.25, 0.3) is 0 Å². The van der Waals surface area contributed by atoms with Crippen LogP contribution in [0, 0.1) is 11.8 Å². The van der Waals surface area contributed by atoms with E-state index in [4.69, 9.17) is 0 Å². The van der Waals surface area contributed by atoms with Crippen molar-refractivity contribution in [3.63, 3.8) is 0 Å². The summed E-state index contributed by atoms with van der Waals surface area (Å²) in [6.45, 7) is 4.35. The molecule has 1 aliphatic carbocycles. The third-order valence-corrected chi connectivity index (χ3v) is 6.86. The number of nitrogens with zero attached hydrogens (tertiary/aromatic N) is 1. The molecule has 2 saturated heterocycles. The molecule has 0 aromatic heterocycles.